The summed E-state index contributed by atoms with van der Waals surface area (Å²) in [6.45, 7) is 13.4. The van der Waals surface area contributed by atoms with Crippen LogP contribution in [0.5, 0.6) is 0 Å². The highest BCUT2D eigenvalue weighted by Gasteiger charge is 2.42. The standard InChI is InChI=1S/C19H32N6O/c1-5-9-24-10-8-19(7-6-18(24)26)14-23(12-11-22(19)4)13-17-21-20-15-25(17)16(2)3/h5,15-16H,1,6-14H2,2-4H3/t19-/m0/s1. The third-order valence-corrected chi connectivity index (χ3v) is 6.00. The second-order valence-corrected chi connectivity index (χ2v) is 7.98. The van der Waals surface area contributed by atoms with E-state index in [1.165, 1.54) is 0 Å². The first kappa shape index (κ1) is 19.0. The molecule has 1 aromatic heterocycles. The second-order valence-electron chi connectivity index (χ2n) is 7.98. The number of piperazine rings is 1. The van der Waals surface area contributed by atoms with Gasteiger partial charge in [0, 0.05) is 50.7 Å². The van der Waals surface area contributed by atoms with E-state index in [9.17, 15) is 4.79 Å². The Labute approximate surface area is 156 Å². The number of hydrogen-bond acceptors (Lipinski definition) is 5. The van der Waals surface area contributed by atoms with Crippen molar-refractivity contribution in [1.82, 2.24) is 29.5 Å². The third kappa shape index (κ3) is 3.83. The van der Waals surface area contributed by atoms with Gasteiger partial charge in [-0.15, -0.1) is 16.8 Å². The zero-order valence-corrected chi connectivity index (χ0v) is 16.4. The predicted octanol–water partition coefficient (Wildman–Crippen LogP) is 1.54. The first-order valence-electron chi connectivity index (χ1n) is 9.66. The van der Waals surface area contributed by atoms with Crippen molar-refractivity contribution in [2.75, 3.05) is 39.8 Å². The summed E-state index contributed by atoms with van der Waals surface area (Å²) in [5.41, 5.74) is 0.0620. The maximum Gasteiger partial charge on any atom is 0.222 e. The van der Waals surface area contributed by atoms with Crippen molar-refractivity contribution < 1.29 is 4.79 Å². The average molecular weight is 361 g/mol. The summed E-state index contributed by atoms with van der Waals surface area (Å²) in [5.74, 6) is 1.28. The summed E-state index contributed by atoms with van der Waals surface area (Å²) >= 11 is 0. The molecule has 0 radical (unpaired) electrons. The Morgan fingerprint density at radius 3 is 2.85 bits per heavy atom. The van der Waals surface area contributed by atoms with Crippen LogP contribution < -0.4 is 0 Å². The molecule has 3 heterocycles. The van der Waals surface area contributed by atoms with Crippen molar-refractivity contribution in [1.29, 1.82) is 0 Å². The van der Waals surface area contributed by atoms with Crippen LogP contribution in [0.4, 0.5) is 0 Å². The smallest absolute Gasteiger partial charge is 0.222 e. The minimum Gasteiger partial charge on any atom is -0.339 e. The van der Waals surface area contributed by atoms with Crippen LogP contribution in [-0.2, 0) is 11.3 Å². The average Bonchev–Trinajstić information content (AvgIpc) is 3.02. The zero-order chi connectivity index (χ0) is 18.7. The van der Waals surface area contributed by atoms with Crippen LogP contribution in [0.1, 0.15) is 45.0 Å². The lowest BCUT2D eigenvalue weighted by Crippen LogP contribution is -2.60. The fourth-order valence-electron chi connectivity index (χ4n) is 4.27. The second kappa shape index (κ2) is 7.88. The molecule has 2 fully saturated rings. The molecule has 2 aliphatic heterocycles. The van der Waals surface area contributed by atoms with Gasteiger partial charge in [-0.3, -0.25) is 14.6 Å². The monoisotopic (exact) mass is 360 g/mol. The van der Waals surface area contributed by atoms with E-state index >= 15 is 0 Å². The summed E-state index contributed by atoms with van der Waals surface area (Å²) in [6.07, 6.45) is 6.20. The molecule has 7 heteroatoms. The van der Waals surface area contributed by atoms with E-state index in [1.807, 2.05) is 17.3 Å². The van der Waals surface area contributed by atoms with E-state index in [2.05, 4.69) is 52.0 Å². The molecule has 3 rings (SSSR count). The molecule has 1 atom stereocenters. The van der Waals surface area contributed by atoms with E-state index in [4.69, 9.17) is 0 Å². The van der Waals surface area contributed by atoms with Crippen LogP contribution in [-0.4, -0.2) is 80.7 Å². The van der Waals surface area contributed by atoms with Crippen molar-refractivity contribution >= 4 is 5.91 Å². The summed E-state index contributed by atoms with van der Waals surface area (Å²) in [6, 6.07) is 0.365. The van der Waals surface area contributed by atoms with Crippen LogP contribution >= 0.6 is 0 Å². The summed E-state index contributed by atoms with van der Waals surface area (Å²) in [7, 11) is 2.21. The van der Waals surface area contributed by atoms with Crippen LogP contribution in [0.25, 0.3) is 0 Å². The lowest BCUT2D eigenvalue weighted by molar-refractivity contribution is -0.130. The van der Waals surface area contributed by atoms with E-state index in [0.717, 1.165) is 51.4 Å². The SMILES string of the molecule is C=CCN1CC[C@@]2(CCC1=O)CN(Cc1nncn1C(C)C)CCN2C. The highest BCUT2D eigenvalue weighted by atomic mass is 16.2. The molecule has 2 aliphatic rings. The molecule has 1 amide bonds. The normalized spacial score (nSPS) is 25.8. The maximum absolute atomic E-state index is 12.4. The number of likely N-dealkylation sites (tertiary alicyclic amines) is 1. The lowest BCUT2D eigenvalue weighted by atomic mass is 9.86. The zero-order valence-electron chi connectivity index (χ0n) is 16.4. The number of hydrogen-bond donors (Lipinski definition) is 0. The fraction of sp³-hybridized carbons (Fsp3) is 0.737. The molecule has 26 heavy (non-hydrogen) atoms. The van der Waals surface area contributed by atoms with Gasteiger partial charge in [0.2, 0.25) is 5.91 Å². The Morgan fingerprint density at radius 2 is 2.12 bits per heavy atom. The molecule has 1 aromatic rings. The highest BCUT2D eigenvalue weighted by Crippen LogP contribution is 2.32. The molecule has 0 N–H and O–H groups in total. The van der Waals surface area contributed by atoms with Gasteiger partial charge >= 0.3 is 0 Å². The van der Waals surface area contributed by atoms with Gasteiger partial charge < -0.3 is 9.47 Å². The van der Waals surface area contributed by atoms with Gasteiger partial charge in [-0.25, -0.2) is 0 Å². The summed E-state index contributed by atoms with van der Waals surface area (Å²) < 4.78 is 2.15. The largest absolute Gasteiger partial charge is 0.339 e. The molecule has 7 nitrogen and oxygen atoms in total. The number of aromatic nitrogens is 3. The Bertz CT molecular complexity index is 642. The number of carbonyl (C=O) groups excluding carboxylic acids is 1. The van der Waals surface area contributed by atoms with E-state index in [-0.39, 0.29) is 11.4 Å². The van der Waals surface area contributed by atoms with Crippen LogP contribution in [0.3, 0.4) is 0 Å². The molecule has 0 saturated carbocycles. The van der Waals surface area contributed by atoms with Gasteiger partial charge in [-0.2, -0.15) is 0 Å². The molecular weight excluding hydrogens is 328 g/mol. The van der Waals surface area contributed by atoms with Crippen LogP contribution in [0, 0.1) is 0 Å². The molecule has 144 valence electrons. The summed E-state index contributed by atoms with van der Waals surface area (Å²) in [4.78, 5) is 19.3. The number of amides is 1. The molecule has 2 saturated heterocycles. The Balaban J connectivity index is 1.72. The Hall–Kier alpha value is -1.73. The Morgan fingerprint density at radius 1 is 1.31 bits per heavy atom. The van der Waals surface area contributed by atoms with Gasteiger partial charge in [0.05, 0.1) is 6.54 Å². The minimum atomic E-state index is 0.0620. The van der Waals surface area contributed by atoms with Crippen molar-refractivity contribution in [2.24, 2.45) is 0 Å². The molecule has 0 aromatic carbocycles. The summed E-state index contributed by atoms with van der Waals surface area (Å²) in [5, 5.41) is 8.43. The van der Waals surface area contributed by atoms with Gasteiger partial charge in [-0.1, -0.05) is 6.08 Å². The number of rotatable bonds is 5. The lowest BCUT2D eigenvalue weighted by Gasteiger charge is -2.49. The maximum atomic E-state index is 12.4. The first-order valence-corrected chi connectivity index (χ1v) is 9.66. The van der Waals surface area contributed by atoms with E-state index in [1.54, 1.807) is 0 Å². The van der Waals surface area contributed by atoms with Crippen molar-refractivity contribution in [2.45, 2.75) is 51.2 Å². The first-order chi connectivity index (χ1) is 12.4. The number of carbonyl (C=O) groups is 1. The molecule has 0 aliphatic carbocycles. The van der Waals surface area contributed by atoms with Gasteiger partial charge in [0.25, 0.3) is 0 Å². The van der Waals surface area contributed by atoms with Crippen molar-refractivity contribution in [3.05, 3.63) is 24.8 Å². The molecular formula is C19H32N6O. The van der Waals surface area contributed by atoms with Crippen LogP contribution in [0.2, 0.25) is 0 Å². The highest BCUT2D eigenvalue weighted by molar-refractivity contribution is 5.76. The van der Waals surface area contributed by atoms with Gasteiger partial charge in [0.1, 0.15) is 12.2 Å². The predicted molar refractivity (Wildman–Crippen MR) is 102 cm³/mol. The van der Waals surface area contributed by atoms with Crippen molar-refractivity contribution in [3.63, 3.8) is 0 Å². The topological polar surface area (TPSA) is 57.5 Å². The van der Waals surface area contributed by atoms with Gasteiger partial charge in [0.15, 0.2) is 0 Å². The quantitative estimate of drug-likeness (QED) is 0.746. The van der Waals surface area contributed by atoms with E-state index in [0.29, 0.717) is 19.0 Å². The molecule has 0 unspecified atom stereocenters. The van der Waals surface area contributed by atoms with E-state index < -0.39 is 0 Å². The fourth-order valence-corrected chi connectivity index (χ4v) is 4.27. The van der Waals surface area contributed by atoms with Crippen LogP contribution in [0.15, 0.2) is 19.0 Å². The molecule has 0 bridgehead atoms. The number of nitrogens with zero attached hydrogens (tertiary/aromatic N) is 6. The Kier molecular flexibility index (Phi) is 5.77. The molecule has 1 spiro atoms. The van der Waals surface area contributed by atoms with Crippen molar-refractivity contribution in [3.8, 4) is 0 Å². The van der Waals surface area contributed by atoms with Gasteiger partial charge in [-0.05, 0) is 33.7 Å². The third-order valence-electron chi connectivity index (χ3n) is 6.00. The minimum absolute atomic E-state index is 0.0620. The number of likely N-dealkylation sites (N-methyl/N-ethyl adjacent to an activating group) is 1.